The van der Waals surface area contributed by atoms with Crippen molar-refractivity contribution in [3.8, 4) is 0 Å². The molecule has 2 aromatic rings. The Balaban J connectivity index is 2.33. The van der Waals surface area contributed by atoms with Crippen molar-refractivity contribution in [2.45, 2.75) is 243 Å². The molecular weight excluding hydrogens is 1280 g/mol. The fourth-order valence-electron chi connectivity index (χ4n) is 12.7. The Morgan fingerprint density at radius 3 is 1.50 bits per heavy atom. The van der Waals surface area contributed by atoms with E-state index in [0.29, 0.717) is 22.4 Å². The Kier molecular flexibility index (Phi) is 33.7. The first-order chi connectivity index (χ1) is 46.5. The molecule has 0 bridgehead atoms. The van der Waals surface area contributed by atoms with Gasteiger partial charge in [-0.15, -0.1) is 0 Å². The highest BCUT2D eigenvalue weighted by molar-refractivity contribution is 6.00. The van der Waals surface area contributed by atoms with Gasteiger partial charge in [-0.3, -0.25) is 52.7 Å². The molecule has 0 radical (unpaired) electrons. The van der Waals surface area contributed by atoms with E-state index in [1.165, 1.54) is 87.7 Å². The summed E-state index contributed by atoms with van der Waals surface area (Å²) in [6.45, 7) is 31.6. The number of esters is 1. The maximum absolute atomic E-state index is 15.6. The molecule has 0 aliphatic carbocycles. The fraction of sp³-hybridized carbons (Fsp3) is 0.740. The molecule has 1 aliphatic rings. The van der Waals surface area contributed by atoms with Gasteiger partial charge in [-0.05, 0) is 111 Å². The first-order valence-corrected chi connectivity index (χ1v) is 35.9. The number of fused-ring (bicyclic) bond motifs is 1. The van der Waals surface area contributed by atoms with Crippen LogP contribution in [0.5, 0.6) is 0 Å². The quantitative estimate of drug-likeness (QED) is 0.0949. The maximum Gasteiger partial charge on any atom is 0.338 e. The van der Waals surface area contributed by atoms with Crippen molar-refractivity contribution in [3.05, 3.63) is 29.6 Å². The monoisotopic (exact) mass is 1410 g/mol. The second-order valence-electron chi connectivity index (χ2n) is 30.2. The summed E-state index contributed by atoms with van der Waals surface area (Å²) in [5.74, 6) is -10.5. The van der Waals surface area contributed by atoms with Crippen molar-refractivity contribution in [2.24, 2.45) is 47.3 Å². The number of aliphatic hydroxyl groups excluding tert-OH is 1. The number of likely N-dealkylation sites (N-methyl/N-ethyl adjacent to an activating group) is 7. The Hall–Kier alpha value is -7.71. The molecule has 1 aromatic heterocycles. The lowest BCUT2D eigenvalue weighted by molar-refractivity contribution is -0.157. The Morgan fingerprint density at radius 2 is 1.00 bits per heavy atom. The van der Waals surface area contributed by atoms with E-state index >= 15 is 19.2 Å². The van der Waals surface area contributed by atoms with E-state index in [4.69, 9.17) is 9.72 Å². The highest BCUT2D eigenvalue weighted by Crippen LogP contribution is 2.27. The minimum absolute atomic E-state index is 0.00221. The van der Waals surface area contributed by atoms with E-state index in [-0.39, 0.29) is 74.7 Å². The van der Waals surface area contributed by atoms with Gasteiger partial charge in [0, 0.05) is 55.8 Å². The summed E-state index contributed by atoms with van der Waals surface area (Å²) in [5, 5.41) is 23.7. The molecule has 27 nitrogen and oxygen atoms in total. The van der Waals surface area contributed by atoms with Gasteiger partial charge in [0.05, 0.1) is 35.9 Å². The van der Waals surface area contributed by atoms with E-state index in [0.717, 1.165) is 22.6 Å². The molecule has 1 aromatic carbocycles. The average Bonchev–Trinajstić information content (AvgIpc) is 1.61. The topological polar surface area (TPSA) is 334 Å². The normalized spacial score (nSPS) is 24.6. The molecule has 0 spiro atoms. The van der Waals surface area contributed by atoms with Gasteiger partial charge in [0.2, 0.25) is 65.0 Å². The van der Waals surface area contributed by atoms with Gasteiger partial charge in [-0.25, -0.2) is 9.78 Å². The lowest BCUT2D eigenvalue weighted by atomic mass is 9.91. The molecular formula is C73H123N13O14. The first-order valence-electron chi connectivity index (χ1n) is 35.9. The van der Waals surface area contributed by atoms with Crippen LogP contribution in [-0.4, -0.2) is 249 Å². The molecule has 3 rings (SSSR count). The average molecular weight is 1410 g/mol. The predicted molar refractivity (Wildman–Crippen MR) is 383 cm³/mol. The summed E-state index contributed by atoms with van der Waals surface area (Å²) in [6, 6.07) is -8.01. The van der Waals surface area contributed by atoms with Crippen molar-refractivity contribution < 1.29 is 67.4 Å². The standard InChI is InChI=1S/C73H123N13O14/c1-26-48(27-2)38-100-73(99)49-29-30-51-52(36-49)77-57(76-51)35-45(16)62(88)61-66(92)78-50(28-3)68(94)80(19)37-58(87)81(20)53(31-39(4)5)65(91)79-59(43(12)13)71(97)82(21)54(32-40(6)7)64(90)74-46(17)63(89)75-47(18)67(93)83(22)55(33-41(8)9)69(95)84(23)56(34-42(10)11)70(96)85(24)60(44(14)15)72(98)86(61)25/h29-30,36,39-48,50,53-56,59-62,88H,26-28,31-35,37-38H2,1-25H3,(H,74,90)(H,75,89)(H,76,77)(H,78,92)(H,79,91)/t45-,46+,47-,50+,53+,54+,55+,56+,59+,60+,61+,62-/m1/s1. The fourth-order valence-corrected chi connectivity index (χ4v) is 12.7. The number of imidazole rings is 1. The number of hydrogen-bond acceptors (Lipinski definition) is 15. The minimum Gasteiger partial charge on any atom is -0.462 e. The molecule has 11 amide bonds. The van der Waals surface area contributed by atoms with E-state index in [1.807, 2.05) is 69.2 Å². The number of nitrogens with zero attached hydrogens (tertiary/aromatic N) is 8. The SMILES string of the molecule is CCC(CC)COC(=O)c1ccc2nc(C[C@@H](C)[C@@H](O)[C@H]3C(=O)N[C@@H](CC)C(=O)N(C)CC(=O)N(C)[C@@H](CC(C)C)C(=O)N[C@@H](C(C)C)C(=O)N(C)[C@@H](CC(C)C)C(=O)N[C@@H](C)C(=O)N[C@H](C)C(=O)N(C)[C@@H](CC(C)C)C(=O)N(C)[C@@H](CC(C)C)C(=O)N(C)[C@@H](C(C)C)C(=O)N3C)[nH]c2c1. The van der Waals surface area contributed by atoms with Crippen molar-refractivity contribution >= 4 is 82.0 Å². The van der Waals surface area contributed by atoms with Gasteiger partial charge in [0.1, 0.15) is 66.2 Å². The third-order valence-corrected chi connectivity index (χ3v) is 19.2. The molecule has 1 aliphatic heterocycles. The molecule has 1 fully saturated rings. The number of rotatable bonds is 20. The van der Waals surface area contributed by atoms with Crippen LogP contribution in [0.2, 0.25) is 0 Å². The molecule has 6 N–H and O–H groups in total. The molecule has 100 heavy (non-hydrogen) atoms. The second-order valence-corrected chi connectivity index (χ2v) is 30.2. The number of hydrogen-bond donors (Lipinski definition) is 6. The summed E-state index contributed by atoms with van der Waals surface area (Å²) in [4.78, 5) is 192. The number of aromatic nitrogens is 2. The number of carbonyl (C=O) groups is 12. The number of aromatic amines is 1. The first kappa shape index (κ1) is 86.5. The number of H-pyrrole nitrogens is 1. The highest BCUT2D eigenvalue weighted by Gasteiger charge is 2.46. The van der Waals surface area contributed by atoms with Crippen LogP contribution in [0.25, 0.3) is 11.0 Å². The van der Waals surface area contributed by atoms with E-state index in [2.05, 4.69) is 26.3 Å². The maximum atomic E-state index is 15.6. The summed E-state index contributed by atoms with van der Waals surface area (Å²) < 4.78 is 5.63. The number of nitrogens with one attached hydrogen (secondary N) is 5. The molecule has 1 saturated heterocycles. The third kappa shape index (κ3) is 23.2. The minimum atomic E-state index is -1.77. The summed E-state index contributed by atoms with van der Waals surface area (Å²) in [7, 11) is 9.80. The molecule has 0 unspecified atom stereocenters. The van der Waals surface area contributed by atoms with Crippen LogP contribution in [-0.2, 0) is 63.9 Å². The van der Waals surface area contributed by atoms with Crippen LogP contribution in [0.4, 0.5) is 0 Å². The van der Waals surface area contributed by atoms with Crippen LogP contribution in [0.15, 0.2) is 18.2 Å². The van der Waals surface area contributed by atoms with Crippen molar-refractivity contribution in [1.29, 1.82) is 0 Å². The van der Waals surface area contributed by atoms with Crippen LogP contribution < -0.4 is 21.3 Å². The second kappa shape index (κ2) is 38.9. The predicted octanol–water partition coefficient (Wildman–Crippen LogP) is 5.01. The molecule has 564 valence electrons. The number of ether oxygens (including phenoxy) is 1. The molecule has 12 atom stereocenters. The zero-order chi connectivity index (χ0) is 76.4. The van der Waals surface area contributed by atoms with Gasteiger partial charge in [-0.1, -0.05) is 124 Å². The largest absolute Gasteiger partial charge is 0.462 e. The Morgan fingerprint density at radius 1 is 0.530 bits per heavy atom. The Labute approximate surface area is 594 Å². The zero-order valence-corrected chi connectivity index (χ0v) is 64.6. The van der Waals surface area contributed by atoms with Crippen molar-refractivity contribution in [1.82, 2.24) is 65.5 Å². The van der Waals surface area contributed by atoms with Crippen LogP contribution in [0.3, 0.4) is 0 Å². The summed E-state index contributed by atoms with van der Waals surface area (Å²) >= 11 is 0. The lowest BCUT2D eigenvalue weighted by Gasteiger charge is -2.41. The molecule has 27 heteroatoms. The smallest absolute Gasteiger partial charge is 0.338 e. The molecule has 0 saturated carbocycles. The number of benzene rings is 1. The summed E-state index contributed by atoms with van der Waals surface area (Å²) in [5.41, 5.74) is 1.30. The number of carbonyl (C=O) groups excluding carboxylic acids is 12. The van der Waals surface area contributed by atoms with Crippen molar-refractivity contribution in [2.75, 3.05) is 62.5 Å². The van der Waals surface area contributed by atoms with E-state index < -0.39 is 162 Å². The van der Waals surface area contributed by atoms with Gasteiger partial charge in [-0.2, -0.15) is 0 Å². The zero-order valence-electron chi connectivity index (χ0n) is 64.6. The number of aliphatic hydroxyl groups is 1. The van der Waals surface area contributed by atoms with Gasteiger partial charge in [0.25, 0.3) is 0 Å². The van der Waals surface area contributed by atoms with E-state index in [1.54, 1.807) is 59.7 Å². The van der Waals surface area contributed by atoms with Crippen LogP contribution in [0.1, 0.15) is 186 Å². The number of amides is 11. The van der Waals surface area contributed by atoms with E-state index in [9.17, 15) is 43.5 Å². The van der Waals surface area contributed by atoms with Gasteiger partial charge in [0.15, 0.2) is 0 Å². The Bertz CT molecular complexity index is 3150. The van der Waals surface area contributed by atoms with Gasteiger partial charge >= 0.3 is 5.97 Å². The lowest BCUT2D eigenvalue weighted by Crippen LogP contribution is -2.63. The highest BCUT2D eigenvalue weighted by atomic mass is 16.5. The van der Waals surface area contributed by atoms with Crippen LogP contribution >= 0.6 is 0 Å². The summed E-state index contributed by atoms with van der Waals surface area (Å²) in [6.07, 6.45) is 0.453. The molecule has 2 heterocycles. The van der Waals surface area contributed by atoms with Crippen LogP contribution in [0, 0.1) is 47.3 Å². The van der Waals surface area contributed by atoms with Crippen molar-refractivity contribution in [3.63, 3.8) is 0 Å². The third-order valence-electron chi connectivity index (χ3n) is 19.2. The van der Waals surface area contributed by atoms with Gasteiger partial charge < -0.3 is 70.4 Å².